The third kappa shape index (κ3) is 4.77. The molecule has 0 fully saturated rings. The molecule has 1 unspecified atom stereocenters. The quantitative estimate of drug-likeness (QED) is 0.801. The van der Waals surface area contributed by atoms with Gasteiger partial charge in [-0.2, -0.15) is 0 Å². The molecule has 1 atom stereocenters. The number of unbranched alkanes of at least 4 members (excludes halogenated alkanes) is 1. The molecule has 0 aliphatic rings. The first-order valence-corrected chi connectivity index (χ1v) is 5.98. The Morgan fingerprint density at radius 1 is 1.21 bits per heavy atom. The molecule has 0 bridgehead atoms. The fraction of sp³-hybridized carbons (Fsp3) is 0.500. The summed E-state index contributed by atoms with van der Waals surface area (Å²) >= 11 is 3.43. The van der Waals surface area contributed by atoms with Crippen LogP contribution in [0.2, 0.25) is 0 Å². The average molecular weight is 256 g/mol. The van der Waals surface area contributed by atoms with E-state index < -0.39 is 0 Å². The SMILES string of the molecule is CC(N)CCCCc1ccc(Br)cc1. The Morgan fingerprint density at radius 2 is 1.86 bits per heavy atom. The number of hydrogen-bond acceptors (Lipinski definition) is 1. The number of nitrogens with two attached hydrogens (primary N) is 1. The van der Waals surface area contributed by atoms with E-state index in [-0.39, 0.29) is 0 Å². The monoisotopic (exact) mass is 255 g/mol. The predicted molar refractivity (Wildman–Crippen MR) is 65.3 cm³/mol. The summed E-state index contributed by atoms with van der Waals surface area (Å²) in [6, 6.07) is 8.90. The van der Waals surface area contributed by atoms with Gasteiger partial charge in [-0.1, -0.05) is 34.5 Å². The Hall–Kier alpha value is -0.340. The Labute approximate surface area is 94.8 Å². The molecule has 1 aromatic carbocycles. The topological polar surface area (TPSA) is 26.0 Å². The summed E-state index contributed by atoms with van der Waals surface area (Å²) in [6.45, 7) is 2.07. The van der Waals surface area contributed by atoms with Gasteiger partial charge in [0.05, 0.1) is 0 Å². The highest BCUT2D eigenvalue weighted by molar-refractivity contribution is 9.10. The van der Waals surface area contributed by atoms with Crippen LogP contribution in [0.4, 0.5) is 0 Å². The molecule has 0 aliphatic carbocycles. The van der Waals surface area contributed by atoms with E-state index in [1.54, 1.807) is 0 Å². The van der Waals surface area contributed by atoms with Crippen molar-refractivity contribution >= 4 is 15.9 Å². The molecule has 0 saturated heterocycles. The van der Waals surface area contributed by atoms with Crippen molar-refractivity contribution in [1.29, 1.82) is 0 Å². The highest BCUT2D eigenvalue weighted by atomic mass is 79.9. The zero-order valence-electron chi connectivity index (χ0n) is 8.67. The van der Waals surface area contributed by atoms with Crippen LogP contribution in [0.3, 0.4) is 0 Å². The molecule has 0 heterocycles. The lowest BCUT2D eigenvalue weighted by Gasteiger charge is -2.04. The van der Waals surface area contributed by atoms with Crippen LogP contribution in [0.15, 0.2) is 28.7 Å². The van der Waals surface area contributed by atoms with Crippen molar-refractivity contribution in [2.75, 3.05) is 0 Å². The van der Waals surface area contributed by atoms with E-state index in [2.05, 4.69) is 47.1 Å². The first-order valence-electron chi connectivity index (χ1n) is 5.18. The Bertz CT molecular complexity index is 254. The third-order valence-electron chi connectivity index (χ3n) is 2.29. The molecule has 0 saturated carbocycles. The van der Waals surface area contributed by atoms with Gasteiger partial charge in [0.1, 0.15) is 0 Å². The third-order valence-corrected chi connectivity index (χ3v) is 2.82. The zero-order chi connectivity index (χ0) is 10.4. The highest BCUT2D eigenvalue weighted by Crippen LogP contribution is 2.13. The summed E-state index contributed by atoms with van der Waals surface area (Å²) in [7, 11) is 0. The Kier molecular flexibility index (Phi) is 5.20. The minimum absolute atomic E-state index is 0.347. The maximum Gasteiger partial charge on any atom is 0.0175 e. The largest absolute Gasteiger partial charge is 0.328 e. The first kappa shape index (κ1) is 11.7. The van der Waals surface area contributed by atoms with E-state index in [0.29, 0.717) is 6.04 Å². The second-order valence-corrected chi connectivity index (χ2v) is 4.77. The summed E-state index contributed by atoms with van der Waals surface area (Å²) in [5.41, 5.74) is 7.10. The van der Waals surface area contributed by atoms with E-state index in [1.807, 2.05) is 0 Å². The molecule has 0 radical (unpaired) electrons. The van der Waals surface area contributed by atoms with E-state index in [1.165, 1.54) is 24.8 Å². The van der Waals surface area contributed by atoms with Gasteiger partial charge in [0.25, 0.3) is 0 Å². The first-order chi connectivity index (χ1) is 6.68. The van der Waals surface area contributed by atoms with Crippen LogP contribution in [0.5, 0.6) is 0 Å². The maximum absolute atomic E-state index is 5.69. The van der Waals surface area contributed by atoms with Gasteiger partial charge in [0.15, 0.2) is 0 Å². The van der Waals surface area contributed by atoms with Crippen molar-refractivity contribution in [3.05, 3.63) is 34.3 Å². The van der Waals surface area contributed by atoms with Gasteiger partial charge in [-0.3, -0.25) is 0 Å². The van der Waals surface area contributed by atoms with Gasteiger partial charge in [0.2, 0.25) is 0 Å². The number of rotatable bonds is 5. The number of aryl methyl sites for hydroxylation is 1. The summed E-state index contributed by atoms with van der Waals surface area (Å²) < 4.78 is 1.15. The van der Waals surface area contributed by atoms with Crippen LogP contribution in [0.1, 0.15) is 31.7 Å². The van der Waals surface area contributed by atoms with Gasteiger partial charge in [-0.25, -0.2) is 0 Å². The molecule has 0 aromatic heterocycles. The van der Waals surface area contributed by atoms with Crippen LogP contribution < -0.4 is 5.73 Å². The summed E-state index contributed by atoms with van der Waals surface area (Å²) in [6.07, 6.45) is 4.77. The standard InChI is InChI=1S/C12H18BrN/c1-10(14)4-2-3-5-11-6-8-12(13)9-7-11/h6-10H,2-5,14H2,1H3. The van der Waals surface area contributed by atoms with Gasteiger partial charge in [-0.15, -0.1) is 0 Å². The molecular formula is C12H18BrN. The van der Waals surface area contributed by atoms with Crippen molar-refractivity contribution < 1.29 is 0 Å². The summed E-state index contributed by atoms with van der Waals surface area (Å²) in [5.74, 6) is 0. The molecule has 0 amide bonds. The normalized spacial score (nSPS) is 12.8. The van der Waals surface area contributed by atoms with Gasteiger partial charge in [-0.05, 0) is 43.9 Å². The summed E-state index contributed by atoms with van der Waals surface area (Å²) in [4.78, 5) is 0. The van der Waals surface area contributed by atoms with Crippen molar-refractivity contribution in [2.45, 2.75) is 38.6 Å². The number of hydrogen-bond donors (Lipinski definition) is 1. The van der Waals surface area contributed by atoms with Gasteiger partial charge < -0.3 is 5.73 Å². The van der Waals surface area contributed by atoms with Crippen molar-refractivity contribution in [3.63, 3.8) is 0 Å². The van der Waals surface area contributed by atoms with E-state index in [4.69, 9.17) is 5.73 Å². The molecule has 2 heteroatoms. The van der Waals surface area contributed by atoms with Crippen LogP contribution in [0.25, 0.3) is 0 Å². The van der Waals surface area contributed by atoms with Crippen LogP contribution in [-0.2, 0) is 6.42 Å². The van der Waals surface area contributed by atoms with Gasteiger partial charge in [0, 0.05) is 10.5 Å². The van der Waals surface area contributed by atoms with Crippen LogP contribution in [-0.4, -0.2) is 6.04 Å². The second-order valence-electron chi connectivity index (χ2n) is 3.85. The van der Waals surface area contributed by atoms with Crippen LogP contribution in [0, 0.1) is 0 Å². The lowest BCUT2D eigenvalue weighted by molar-refractivity contribution is 0.597. The second kappa shape index (κ2) is 6.20. The lowest BCUT2D eigenvalue weighted by Crippen LogP contribution is -2.14. The maximum atomic E-state index is 5.69. The van der Waals surface area contributed by atoms with E-state index in [9.17, 15) is 0 Å². The van der Waals surface area contributed by atoms with Crippen molar-refractivity contribution in [2.24, 2.45) is 5.73 Å². The number of benzene rings is 1. The zero-order valence-corrected chi connectivity index (χ0v) is 10.3. The molecule has 1 nitrogen and oxygen atoms in total. The lowest BCUT2D eigenvalue weighted by atomic mass is 10.1. The fourth-order valence-corrected chi connectivity index (χ4v) is 1.71. The van der Waals surface area contributed by atoms with Crippen molar-refractivity contribution in [1.82, 2.24) is 0 Å². The van der Waals surface area contributed by atoms with E-state index in [0.717, 1.165) is 10.9 Å². The molecular weight excluding hydrogens is 238 g/mol. The smallest absolute Gasteiger partial charge is 0.0175 e. The minimum atomic E-state index is 0.347. The molecule has 0 spiro atoms. The average Bonchev–Trinajstić information content (AvgIpc) is 2.15. The Balaban J connectivity index is 2.21. The molecule has 78 valence electrons. The van der Waals surface area contributed by atoms with Gasteiger partial charge >= 0.3 is 0 Å². The fourth-order valence-electron chi connectivity index (χ4n) is 1.45. The summed E-state index contributed by atoms with van der Waals surface area (Å²) in [5, 5.41) is 0. The van der Waals surface area contributed by atoms with Crippen molar-refractivity contribution in [3.8, 4) is 0 Å². The van der Waals surface area contributed by atoms with E-state index >= 15 is 0 Å². The molecule has 0 aliphatic heterocycles. The predicted octanol–water partition coefficient (Wildman–Crippen LogP) is 3.51. The molecule has 2 N–H and O–H groups in total. The molecule has 1 rings (SSSR count). The minimum Gasteiger partial charge on any atom is -0.328 e. The highest BCUT2D eigenvalue weighted by Gasteiger charge is 1.96. The molecule has 1 aromatic rings. The van der Waals surface area contributed by atoms with Crippen LogP contribution >= 0.6 is 15.9 Å². The molecule has 14 heavy (non-hydrogen) atoms. The Morgan fingerprint density at radius 3 is 2.43 bits per heavy atom. The number of halogens is 1.